The summed E-state index contributed by atoms with van der Waals surface area (Å²) in [5.41, 5.74) is -0.495. The van der Waals surface area contributed by atoms with Gasteiger partial charge < -0.3 is 15.7 Å². The molecule has 5 nitrogen and oxygen atoms in total. The molecule has 0 aromatic heterocycles. The van der Waals surface area contributed by atoms with Crippen LogP contribution in [0.4, 0.5) is 4.79 Å². The van der Waals surface area contributed by atoms with Gasteiger partial charge in [0.25, 0.3) is 0 Å². The van der Waals surface area contributed by atoms with Gasteiger partial charge in [0.2, 0.25) is 0 Å². The number of amides is 2. The summed E-state index contributed by atoms with van der Waals surface area (Å²) in [4.78, 5) is 22.2. The predicted octanol–water partition coefficient (Wildman–Crippen LogP) is 1.73. The molecule has 98 valence electrons. The van der Waals surface area contributed by atoms with E-state index in [4.69, 9.17) is 5.11 Å². The second kappa shape index (κ2) is 4.94. The van der Waals surface area contributed by atoms with Crippen molar-refractivity contribution in [2.75, 3.05) is 6.54 Å². The number of nitrogens with one attached hydrogen (secondary N) is 2. The van der Waals surface area contributed by atoms with Crippen LogP contribution in [0.15, 0.2) is 0 Å². The van der Waals surface area contributed by atoms with Crippen molar-refractivity contribution in [3.05, 3.63) is 0 Å². The van der Waals surface area contributed by atoms with Crippen LogP contribution in [0.25, 0.3) is 0 Å². The fourth-order valence-corrected chi connectivity index (χ4v) is 2.02. The average molecular weight is 242 g/mol. The summed E-state index contributed by atoms with van der Waals surface area (Å²) in [7, 11) is 0. The first-order chi connectivity index (χ1) is 7.72. The van der Waals surface area contributed by atoms with Gasteiger partial charge in [-0.1, -0.05) is 13.3 Å². The molecular formula is C12H22N2O3. The van der Waals surface area contributed by atoms with E-state index >= 15 is 0 Å². The summed E-state index contributed by atoms with van der Waals surface area (Å²) in [5.74, 6) is -0.916. The highest BCUT2D eigenvalue weighted by molar-refractivity contribution is 5.76. The highest BCUT2D eigenvalue weighted by Gasteiger charge is 2.32. The van der Waals surface area contributed by atoms with Gasteiger partial charge in [0.05, 0.1) is 6.42 Å². The number of rotatable bonds is 5. The van der Waals surface area contributed by atoms with Crippen molar-refractivity contribution in [3.63, 3.8) is 0 Å². The molecule has 0 heterocycles. The lowest BCUT2D eigenvalue weighted by Gasteiger charge is -2.38. The molecule has 1 aliphatic rings. The van der Waals surface area contributed by atoms with Crippen molar-refractivity contribution in [3.8, 4) is 0 Å². The lowest BCUT2D eigenvalue weighted by molar-refractivity contribution is -0.138. The van der Waals surface area contributed by atoms with Crippen LogP contribution < -0.4 is 10.6 Å². The minimum atomic E-state index is -0.916. The number of carboxylic acid groups (broad SMARTS) is 1. The Labute approximate surface area is 102 Å². The molecule has 0 saturated heterocycles. The molecule has 1 saturated carbocycles. The molecule has 0 aromatic carbocycles. The summed E-state index contributed by atoms with van der Waals surface area (Å²) < 4.78 is 0. The van der Waals surface area contributed by atoms with Crippen molar-refractivity contribution in [2.45, 2.75) is 52.0 Å². The van der Waals surface area contributed by atoms with E-state index in [-0.39, 0.29) is 17.9 Å². The molecule has 0 spiro atoms. The minimum absolute atomic E-state index is 0.0856. The molecule has 0 radical (unpaired) electrons. The van der Waals surface area contributed by atoms with Crippen LogP contribution in [0.2, 0.25) is 0 Å². The van der Waals surface area contributed by atoms with Gasteiger partial charge in [-0.2, -0.15) is 0 Å². The van der Waals surface area contributed by atoms with E-state index in [1.54, 1.807) is 13.8 Å². The SMILES string of the molecule is CC1(CNC(=O)NC(C)(C)CC(=O)O)CCC1. The van der Waals surface area contributed by atoms with Crippen molar-refractivity contribution >= 4 is 12.0 Å². The molecule has 17 heavy (non-hydrogen) atoms. The van der Waals surface area contributed by atoms with E-state index in [1.165, 1.54) is 6.42 Å². The molecule has 1 fully saturated rings. The molecule has 0 atom stereocenters. The van der Waals surface area contributed by atoms with E-state index in [0.29, 0.717) is 6.54 Å². The van der Waals surface area contributed by atoms with E-state index in [9.17, 15) is 9.59 Å². The number of hydrogen-bond acceptors (Lipinski definition) is 2. The third-order valence-corrected chi connectivity index (χ3v) is 3.28. The minimum Gasteiger partial charge on any atom is -0.481 e. The van der Waals surface area contributed by atoms with Gasteiger partial charge >= 0.3 is 12.0 Å². The Morgan fingerprint density at radius 1 is 1.35 bits per heavy atom. The first-order valence-electron chi connectivity index (χ1n) is 6.00. The summed E-state index contributed by atoms with van der Waals surface area (Å²) in [6, 6.07) is -0.288. The van der Waals surface area contributed by atoms with Crippen molar-refractivity contribution in [2.24, 2.45) is 5.41 Å². The lowest BCUT2D eigenvalue weighted by atomic mass is 9.70. The predicted molar refractivity (Wildman–Crippen MR) is 64.8 cm³/mol. The fraction of sp³-hybridized carbons (Fsp3) is 0.833. The van der Waals surface area contributed by atoms with Crippen molar-refractivity contribution in [1.29, 1.82) is 0 Å². The van der Waals surface area contributed by atoms with Gasteiger partial charge in [-0.3, -0.25) is 4.79 Å². The van der Waals surface area contributed by atoms with Gasteiger partial charge in [-0.15, -0.1) is 0 Å². The van der Waals surface area contributed by atoms with Crippen LogP contribution in [0.5, 0.6) is 0 Å². The van der Waals surface area contributed by atoms with Gasteiger partial charge in [-0.25, -0.2) is 4.79 Å². The zero-order valence-electron chi connectivity index (χ0n) is 10.8. The summed E-state index contributed by atoms with van der Waals surface area (Å²) in [6.07, 6.45) is 3.43. The van der Waals surface area contributed by atoms with Crippen LogP contribution in [-0.2, 0) is 4.79 Å². The highest BCUT2D eigenvalue weighted by atomic mass is 16.4. The lowest BCUT2D eigenvalue weighted by Crippen LogP contribution is -2.51. The summed E-state index contributed by atoms with van der Waals surface area (Å²) in [6.45, 7) is 6.21. The molecule has 0 bridgehead atoms. The van der Waals surface area contributed by atoms with E-state index in [1.807, 2.05) is 0 Å². The monoisotopic (exact) mass is 242 g/mol. The Bertz CT molecular complexity index is 309. The summed E-state index contributed by atoms with van der Waals surface area (Å²) >= 11 is 0. The van der Waals surface area contributed by atoms with Gasteiger partial charge in [-0.05, 0) is 32.1 Å². The molecule has 1 aliphatic carbocycles. The summed E-state index contributed by atoms with van der Waals surface area (Å²) in [5, 5.41) is 14.2. The molecule has 3 N–H and O–H groups in total. The number of carboxylic acids is 1. The average Bonchev–Trinajstić information content (AvgIpc) is 2.08. The Morgan fingerprint density at radius 2 is 1.94 bits per heavy atom. The second-order valence-electron chi connectivity index (χ2n) is 5.93. The van der Waals surface area contributed by atoms with Crippen LogP contribution >= 0.6 is 0 Å². The Hall–Kier alpha value is -1.26. The second-order valence-corrected chi connectivity index (χ2v) is 5.93. The Balaban J connectivity index is 2.30. The van der Waals surface area contributed by atoms with Crippen LogP contribution in [0, 0.1) is 5.41 Å². The molecule has 5 heteroatoms. The van der Waals surface area contributed by atoms with Crippen LogP contribution in [-0.4, -0.2) is 29.2 Å². The maximum Gasteiger partial charge on any atom is 0.315 e. The molecular weight excluding hydrogens is 220 g/mol. The quantitative estimate of drug-likeness (QED) is 0.687. The van der Waals surface area contributed by atoms with Crippen LogP contribution in [0.1, 0.15) is 46.5 Å². The van der Waals surface area contributed by atoms with Crippen molar-refractivity contribution in [1.82, 2.24) is 10.6 Å². The zero-order chi connectivity index (χ0) is 13.1. The molecule has 0 aliphatic heterocycles. The number of aliphatic carboxylic acids is 1. The first-order valence-corrected chi connectivity index (χ1v) is 6.00. The fourth-order valence-electron chi connectivity index (χ4n) is 2.02. The maximum atomic E-state index is 11.6. The number of urea groups is 1. The van der Waals surface area contributed by atoms with Crippen molar-refractivity contribution < 1.29 is 14.7 Å². The van der Waals surface area contributed by atoms with E-state index in [0.717, 1.165) is 12.8 Å². The van der Waals surface area contributed by atoms with Gasteiger partial charge in [0.15, 0.2) is 0 Å². The Kier molecular flexibility index (Phi) is 4.01. The van der Waals surface area contributed by atoms with Gasteiger partial charge in [0.1, 0.15) is 0 Å². The first kappa shape index (κ1) is 13.8. The molecule has 2 amide bonds. The van der Waals surface area contributed by atoms with E-state index < -0.39 is 11.5 Å². The van der Waals surface area contributed by atoms with E-state index in [2.05, 4.69) is 17.6 Å². The smallest absolute Gasteiger partial charge is 0.315 e. The molecule has 0 aromatic rings. The topological polar surface area (TPSA) is 78.4 Å². The number of hydrogen-bond donors (Lipinski definition) is 3. The Morgan fingerprint density at radius 3 is 2.35 bits per heavy atom. The largest absolute Gasteiger partial charge is 0.481 e. The zero-order valence-corrected chi connectivity index (χ0v) is 10.8. The molecule has 0 unspecified atom stereocenters. The number of carbonyl (C=O) groups excluding carboxylic acids is 1. The highest BCUT2D eigenvalue weighted by Crippen LogP contribution is 2.39. The molecule has 1 rings (SSSR count). The normalized spacial score (nSPS) is 18.1. The standard InChI is InChI=1S/C12H22N2O3/c1-11(2,7-9(15)16)14-10(17)13-8-12(3)5-4-6-12/h4-8H2,1-3H3,(H,15,16)(H2,13,14,17). The maximum absolute atomic E-state index is 11.6. The third kappa shape index (κ3) is 4.63. The third-order valence-electron chi connectivity index (χ3n) is 3.28. The van der Waals surface area contributed by atoms with Crippen LogP contribution in [0.3, 0.4) is 0 Å². The van der Waals surface area contributed by atoms with Gasteiger partial charge in [0, 0.05) is 12.1 Å². The number of carbonyl (C=O) groups is 2.